The van der Waals surface area contributed by atoms with Crippen LogP contribution in [-0.2, 0) is 6.54 Å². The van der Waals surface area contributed by atoms with Gasteiger partial charge in [0.2, 0.25) is 0 Å². The number of aromatic amines is 1. The Morgan fingerprint density at radius 2 is 2.21 bits per heavy atom. The van der Waals surface area contributed by atoms with Gasteiger partial charge in [-0.2, -0.15) is 5.26 Å². The molecule has 3 aromatic rings. The third-order valence-corrected chi connectivity index (χ3v) is 4.91. The Kier molecular flexibility index (Phi) is 5.09. The lowest BCUT2D eigenvalue weighted by atomic mass is 10.3. The number of halogens is 2. The summed E-state index contributed by atoms with van der Waals surface area (Å²) in [6.45, 7) is 0.615. The van der Waals surface area contributed by atoms with Crippen molar-refractivity contribution in [3.8, 4) is 6.07 Å². The summed E-state index contributed by atoms with van der Waals surface area (Å²) in [5.74, 6) is 0. The fraction of sp³-hybridized carbons (Fsp3) is 0.200. The molecule has 0 saturated heterocycles. The second kappa shape index (κ2) is 7.26. The average molecular weight is 379 g/mol. The minimum Gasteiger partial charge on any atom is -0.328 e. The summed E-state index contributed by atoms with van der Waals surface area (Å²) in [6, 6.07) is 7.34. The first-order valence-corrected chi connectivity index (χ1v) is 8.65. The van der Waals surface area contributed by atoms with Crippen LogP contribution < -0.4 is 5.49 Å². The molecule has 0 aliphatic carbocycles. The molecular weight excluding hydrogens is 367 g/mol. The van der Waals surface area contributed by atoms with E-state index in [1.165, 1.54) is 11.8 Å². The maximum atomic E-state index is 8.66. The molecule has 0 unspecified atom stereocenters. The first-order valence-electron chi connectivity index (χ1n) is 7.08. The number of hydrogen-bond acceptors (Lipinski definition) is 5. The third kappa shape index (κ3) is 3.56. The van der Waals surface area contributed by atoms with Crippen LogP contribution in [0.1, 0.15) is 12.8 Å². The SMILES string of the molecule is N#CCCCn1cnc(=N)c2[nH]c(Sc3cc(Cl)ccc3Cl)nc21. The molecule has 2 heterocycles. The number of fused-ring (bicyclic) bond motifs is 1. The normalized spacial score (nSPS) is 10.9. The van der Waals surface area contributed by atoms with Crippen LogP contribution in [0.2, 0.25) is 10.0 Å². The summed E-state index contributed by atoms with van der Waals surface area (Å²) < 4.78 is 1.84. The van der Waals surface area contributed by atoms with Gasteiger partial charge in [-0.05, 0) is 24.6 Å². The quantitative estimate of drug-likeness (QED) is 0.655. The summed E-state index contributed by atoms with van der Waals surface area (Å²) in [4.78, 5) is 12.5. The molecule has 1 aromatic carbocycles. The van der Waals surface area contributed by atoms with Gasteiger partial charge >= 0.3 is 0 Å². The molecule has 2 aromatic heterocycles. The Bertz CT molecular complexity index is 988. The van der Waals surface area contributed by atoms with Crippen LogP contribution in [0.25, 0.3) is 11.2 Å². The lowest BCUT2D eigenvalue weighted by Gasteiger charge is -2.04. The van der Waals surface area contributed by atoms with Gasteiger partial charge < -0.3 is 9.55 Å². The molecule has 9 heteroatoms. The van der Waals surface area contributed by atoms with Crippen LogP contribution in [-0.4, -0.2) is 19.5 Å². The summed E-state index contributed by atoms with van der Waals surface area (Å²) in [7, 11) is 0. The van der Waals surface area contributed by atoms with Crippen molar-refractivity contribution in [2.45, 2.75) is 29.4 Å². The van der Waals surface area contributed by atoms with Crippen LogP contribution in [0.3, 0.4) is 0 Å². The number of imidazole rings is 1. The fourth-order valence-corrected chi connectivity index (χ4v) is 3.48. The van der Waals surface area contributed by atoms with Crippen molar-refractivity contribution in [1.29, 1.82) is 10.7 Å². The van der Waals surface area contributed by atoms with E-state index in [-0.39, 0.29) is 5.49 Å². The zero-order valence-corrected chi connectivity index (χ0v) is 14.7. The molecular formula is C15H12Cl2N6S. The number of unbranched alkanes of at least 4 members (excludes halogenated alkanes) is 1. The number of nitrogens with one attached hydrogen (secondary N) is 2. The van der Waals surface area contributed by atoms with Gasteiger partial charge in [0.25, 0.3) is 0 Å². The average Bonchev–Trinajstić information content (AvgIpc) is 2.98. The zero-order valence-electron chi connectivity index (χ0n) is 12.4. The topological polar surface area (TPSA) is 94.1 Å². The van der Waals surface area contributed by atoms with Crippen molar-refractivity contribution in [3.63, 3.8) is 0 Å². The molecule has 0 aliphatic rings. The minimum atomic E-state index is 0.123. The molecule has 6 nitrogen and oxygen atoms in total. The molecule has 122 valence electrons. The number of nitriles is 1. The van der Waals surface area contributed by atoms with Crippen LogP contribution in [0.4, 0.5) is 0 Å². The maximum absolute atomic E-state index is 8.66. The first-order chi connectivity index (χ1) is 11.6. The van der Waals surface area contributed by atoms with Gasteiger partial charge in [0.15, 0.2) is 16.3 Å². The molecule has 3 rings (SSSR count). The zero-order chi connectivity index (χ0) is 17.1. The van der Waals surface area contributed by atoms with Crippen LogP contribution in [0.15, 0.2) is 34.6 Å². The highest BCUT2D eigenvalue weighted by atomic mass is 35.5. The number of rotatable bonds is 5. The Labute approximate surface area is 152 Å². The molecule has 24 heavy (non-hydrogen) atoms. The van der Waals surface area contributed by atoms with Gasteiger partial charge in [0.05, 0.1) is 17.4 Å². The van der Waals surface area contributed by atoms with E-state index in [1.807, 2.05) is 4.57 Å². The maximum Gasteiger partial charge on any atom is 0.173 e. The lowest BCUT2D eigenvalue weighted by Crippen LogP contribution is -2.12. The van der Waals surface area contributed by atoms with Crippen LogP contribution in [0, 0.1) is 16.7 Å². The van der Waals surface area contributed by atoms with Gasteiger partial charge in [-0.1, -0.05) is 35.0 Å². The summed E-state index contributed by atoms with van der Waals surface area (Å²) in [5.41, 5.74) is 1.31. The van der Waals surface area contributed by atoms with Crippen LogP contribution in [0.5, 0.6) is 0 Å². The highest BCUT2D eigenvalue weighted by Crippen LogP contribution is 2.34. The number of H-pyrrole nitrogens is 1. The number of benzene rings is 1. The Balaban J connectivity index is 1.97. The number of aryl methyl sites for hydroxylation is 1. The van der Waals surface area contributed by atoms with Crippen molar-refractivity contribution in [1.82, 2.24) is 19.5 Å². The molecule has 0 amide bonds. The van der Waals surface area contributed by atoms with Crippen molar-refractivity contribution in [2.75, 3.05) is 0 Å². The van der Waals surface area contributed by atoms with Crippen molar-refractivity contribution < 1.29 is 0 Å². The first kappa shape index (κ1) is 16.8. The van der Waals surface area contributed by atoms with Gasteiger partial charge in [0.1, 0.15) is 5.52 Å². The molecule has 0 spiro atoms. The van der Waals surface area contributed by atoms with Crippen molar-refractivity contribution >= 4 is 46.1 Å². The largest absolute Gasteiger partial charge is 0.328 e. The predicted molar refractivity (Wildman–Crippen MR) is 93.2 cm³/mol. The molecule has 0 radical (unpaired) electrons. The molecule has 2 N–H and O–H groups in total. The lowest BCUT2D eigenvalue weighted by molar-refractivity contribution is 0.651. The third-order valence-electron chi connectivity index (χ3n) is 3.29. The van der Waals surface area contributed by atoms with E-state index in [2.05, 4.69) is 21.0 Å². The number of hydrogen-bond donors (Lipinski definition) is 2. The monoisotopic (exact) mass is 378 g/mol. The van der Waals surface area contributed by atoms with Crippen molar-refractivity contribution in [3.05, 3.63) is 40.1 Å². The summed E-state index contributed by atoms with van der Waals surface area (Å²) in [5, 5.41) is 18.4. The fourth-order valence-electron chi connectivity index (χ4n) is 2.16. The molecule has 0 saturated carbocycles. The Hall–Kier alpha value is -2.01. The summed E-state index contributed by atoms with van der Waals surface area (Å²) in [6.07, 6.45) is 2.73. The van der Waals surface area contributed by atoms with Crippen molar-refractivity contribution in [2.24, 2.45) is 0 Å². The standard InChI is InChI=1S/C15H12Cl2N6S/c16-9-3-4-10(17)11(7-9)24-15-21-12-13(19)20-8-23(14(12)22-15)6-2-1-5-18/h3-4,7-8,19H,1-2,6H2,(H,21,22). The second-order valence-electron chi connectivity index (χ2n) is 4.97. The van der Waals surface area contributed by atoms with Crippen LogP contribution >= 0.6 is 35.0 Å². The second-order valence-corrected chi connectivity index (χ2v) is 6.84. The van der Waals surface area contributed by atoms with Gasteiger partial charge in [-0.15, -0.1) is 0 Å². The Morgan fingerprint density at radius 1 is 1.38 bits per heavy atom. The van der Waals surface area contributed by atoms with E-state index >= 15 is 0 Å². The van der Waals surface area contributed by atoms with E-state index in [4.69, 9.17) is 33.9 Å². The van der Waals surface area contributed by atoms with Gasteiger partial charge in [-0.3, -0.25) is 5.41 Å². The van der Waals surface area contributed by atoms with E-state index < -0.39 is 0 Å². The minimum absolute atomic E-state index is 0.123. The number of nitrogens with zero attached hydrogens (tertiary/aromatic N) is 4. The van der Waals surface area contributed by atoms with E-state index in [1.54, 1.807) is 24.5 Å². The molecule has 0 aliphatic heterocycles. The smallest absolute Gasteiger partial charge is 0.173 e. The van der Waals surface area contributed by atoms with E-state index in [0.29, 0.717) is 45.8 Å². The summed E-state index contributed by atoms with van der Waals surface area (Å²) >= 11 is 13.5. The molecule has 0 atom stereocenters. The number of aromatic nitrogens is 4. The predicted octanol–water partition coefficient (Wildman–Crippen LogP) is 4.00. The van der Waals surface area contributed by atoms with E-state index in [9.17, 15) is 0 Å². The van der Waals surface area contributed by atoms with Gasteiger partial charge in [-0.25, -0.2) is 9.97 Å². The highest BCUT2D eigenvalue weighted by Gasteiger charge is 2.12. The molecule has 0 fully saturated rings. The Morgan fingerprint density at radius 3 is 3.00 bits per heavy atom. The highest BCUT2D eigenvalue weighted by molar-refractivity contribution is 7.99. The van der Waals surface area contributed by atoms with Gasteiger partial charge in [0, 0.05) is 22.9 Å². The van der Waals surface area contributed by atoms with E-state index in [0.717, 1.165) is 4.90 Å². The molecule has 0 bridgehead atoms.